The van der Waals surface area contributed by atoms with Gasteiger partial charge in [0.15, 0.2) is 0 Å². The van der Waals surface area contributed by atoms with Crippen molar-refractivity contribution in [2.45, 2.75) is 25.5 Å². The predicted molar refractivity (Wildman–Crippen MR) is 87.6 cm³/mol. The quantitative estimate of drug-likeness (QED) is 0.809. The minimum Gasteiger partial charge on any atom is -0.384 e. The SMILES string of the molecule is Cc1ccc(C#CCO)cc1C(=O)N1CCSC(C)(C)C1. The Morgan fingerprint density at radius 2 is 2.24 bits per heavy atom. The molecule has 0 unspecified atom stereocenters. The molecule has 1 aromatic carbocycles. The van der Waals surface area contributed by atoms with E-state index in [1.165, 1.54) is 0 Å². The molecule has 112 valence electrons. The smallest absolute Gasteiger partial charge is 0.254 e. The Labute approximate surface area is 130 Å². The highest BCUT2D eigenvalue weighted by atomic mass is 32.2. The van der Waals surface area contributed by atoms with Crippen LogP contribution in [0.25, 0.3) is 0 Å². The summed E-state index contributed by atoms with van der Waals surface area (Å²) in [4.78, 5) is 14.7. The molecule has 0 saturated carbocycles. The van der Waals surface area contributed by atoms with E-state index in [-0.39, 0.29) is 17.3 Å². The largest absolute Gasteiger partial charge is 0.384 e. The molecular weight excluding hydrogens is 282 g/mol. The number of hydrogen-bond acceptors (Lipinski definition) is 3. The van der Waals surface area contributed by atoms with Gasteiger partial charge in [0.25, 0.3) is 5.91 Å². The third kappa shape index (κ3) is 4.03. The second kappa shape index (κ2) is 6.55. The first-order valence-electron chi connectivity index (χ1n) is 7.06. The van der Waals surface area contributed by atoms with Crippen LogP contribution in [0.15, 0.2) is 18.2 Å². The molecule has 4 heteroatoms. The first-order chi connectivity index (χ1) is 9.93. The number of carbonyl (C=O) groups excluding carboxylic acids is 1. The minimum absolute atomic E-state index is 0.0773. The summed E-state index contributed by atoms with van der Waals surface area (Å²) in [5, 5.41) is 8.77. The lowest BCUT2D eigenvalue weighted by molar-refractivity contribution is 0.0747. The average Bonchev–Trinajstić information content (AvgIpc) is 2.44. The van der Waals surface area contributed by atoms with Crippen molar-refractivity contribution in [2.75, 3.05) is 25.4 Å². The summed E-state index contributed by atoms with van der Waals surface area (Å²) in [6, 6.07) is 5.62. The fourth-order valence-corrected chi connectivity index (χ4v) is 3.54. The van der Waals surface area contributed by atoms with Gasteiger partial charge in [-0.25, -0.2) is 0 Å². The van der Waals surface area contributed by atoms with E-state index in [1.54, 1.807) is 0 Å². The molecule has 1 aliphatic heterocycles. The molecule has 21 heavy (non-hydrogen) atoms. The topological polar surface area (TPSA) is 40.5 Å². The van der Waals surface area contributed by atoms with E-state index in [9.17, 15) is 4.79 Å². The number of rotatable bonds is 1. The Morgan fingerprint density at radius 3 is 2.90 bits per heavy atom. The van der Waals surface area contributed by atoms with E-state index in [2.05, 4.69) is 25.7 Å². The predicted octanol–water partition coefficient (Wildman–Crippen LogP) is 2.31. The Hall–Kier alpha value is -1.44. The summed E-state index contributed by atoms with van der Waals surface area (Å²) < 4.78 is 0.107. The molecule has 3 nitrogen and oxygen atoms in total. The number of aryl methyl sites for hydroxylation is 1. The Balaban J connectivity index is 2.26. The molecule has 0 spiro atoms. The van der Waals surface area contributed by atoms with Gasteiger partial charge in [-0.1, -0.05) is 17.9 Å². The van der Waals surface area contributed by atoms with E-state index in [1.807, 2.05) is 41.8 Å². The summed E-state index contributed by atoms with van der Waals surface area (Å²) in [7, 11) is 0. The minimum atomic E-state index is -0.172. The van der Waals surface area contributed by atoms with Crippen LogP contribution in [0.5, 0.6) is 0 Å². The van der Waals surface area contributed by atoms with E-state index in [4.69, 9.17) is 5.11 Å². The molecule has 0 radical (unpaired) electrons. The molecule has 0 aliphatic carbocycles. The zero-order valence-electron chi connectivity index (χ0n) is 12.8. The molecule has 1 saturated heterocycles. The summed E-state index contributed by atoms with van der Waals surface area (Å²) in [6.07, 6.45) is 0. The van der Waals surface area contributed by atoms with Gasteiger partial charge in [0.2, 0.25) is 0 Å². The molecule has 0 aromatic heterocycles. The second-order valence-electron chi connectivity index (χ2n) is 5.82. The van der Waals surface area contributed by atoms with Crippen molar-refractivity contribution in [3.05, 3.63) is 34.9 Å². The van der Waals surface area contributed by atoms with Crippen molar-refractivity contribution >= 4 is 17.7 Å². The molecule has 2 rings (SSSR count). The molecule has 1 aliphatic rings. The van der Waals surface area contributed by atoms with Crippen molar-refractivity contribution in [3.8, 4) is 11.8 Å². The first-order valence-corrected chi connectivity index (χ1v) is 8.05. The molecule has 0 bridgehead atoms. The van der Waals surface area contributed by atoms with Crippen LogP contribution in [-0.2, 0) is 0 Å². The molecule has 1 N–H and O–H groups in total. The van der Waals surface area contributed by atoms with Crippen molar-refractivity contribution in [1.82, 2.24) is 4.90 Å². The number of carbonyl (C=O) groups is 1. The summed E-state index contributed by atoms with van der Waals surface area (Å²) in [6.45, 7) is 7.68. The Bertz CT molecular complexity index is 599. The van der Waals surface area contributed by atoms with Gasteiger partial charge in [-0.05, 0) is 38.5 Å². The fourth-order valence-electron chi connectivity index (χ4n) is 2.43. The van der Waals surface area contributed by atoms with Crippen molar-refractivity contribution in [2.24, 2.45) is 0 Å². The second-order valence-corrected chi connectivity index (χ2v) is 7.63. The van der Waals surface area contributed by atoms with E-state index in [0.29, 0.717) is 5.56 Å². The number of nitrogens with zero attached hydrogens (tertiary/aromatic N) is 1. The summed E-state index contributed by atoms with van der Waals surface area (Å²) >= 11 is 1.91. The lowest BCUT2D eigenvalue weighted by Gasteiger charge is -2.37. The van der Waals surface area contributed by atoms with Crippen molar-refractivity contribution in [1.29, 1.82) is 0 Å². The Morgan fingerprint density at radius 1 is 1.48 bits per heavy atom. The van der Waals surface area contributed by atoms with Crippen LogP contribution in [0, 0.1) is 18.8 Å². The molecule has 1 aromatic rings. The molecule has 1 amide bonds. The molecular formula is C17H21NO2S. The molecule has 0 atom stereocenters. The monoisotopic (exact) mass is 303 g/mol. The first kappa shape index (κ1) is 15.9. The number of thioether (sulfide) groups is 1. The van der Waals surface area contributed by atoms with Gasteiger partial charge in [-0.15, -0.1) is 0 Å². The maximum atomic E-state index is 12.8. The van der Waals surface area contributed by atoms with E-state index in [0.717, 1.165) is 30.0 Å². The highest BCUT2D eigenvalue weighted by molar-refractivity contribution is 8.00. The van der Waals surface area contributed by atoms with Gasteiger partial charge in [0, 0.05) is 34.7 Å². The van der Waals surface area contributed by atoms with Crippen LogP contribution >= 0.6 is 11.8 Å². The van der Waals surface area contributed by atoms with Gasteiger partial charge in [-0.3, -0.25) is 4.79 Å². The zero-order chi connectivity index (χ0) is 15.5. The highest BCUT2D eigenvalue weighted by Crippen LogP contribution is 2.30. The number of hydrogen-bond donors (Lipinski definition) is 1. The van der Waals surface area contributed by atoms with Crippen LogP contribution in [0.4, 0.5) is 0 Å². The fraction of sp³-hybridized carbons (Fsp3) is 0.471. The lowest BCUT2D eigenvalue weighted by Crippen LogP contribution is -2.46. The van der Waals surface area contributed by atoms with Crippen LogP contribution < -0.4 is 0 Å². The molecule has 1 fully saturated rings. The van der Waals surface area contributed by atoms with Crippen LogP contribution in [-0.4, -0.2) is 46.1 Å². The van der Waals surface area contributed by atoms with Crippen LogP contribution in [0.1, 0.15) is 35.3 Å². The van der Waals surface area contributed by atoms with E-state index < -0.39 is 0 Å². The maximum Gasteiger partial charge on any atom is 0.254 e. The standard InChI is InChI=1S/C17H21NO2S/c1-13-6-7-14(5-4-9-19)11-15(13)16(20)18-8-10-21-17(2,3)12-18/h6-7,11,19H,8-10,12H2,1-3H3. The Kier molecular flexibility index (Phi) is 4.97. The molecule has 1 heterocycles. The number of amides is 1. The van der Waals surface area contributed by atoms with Crippen molar-refractivity contribution < 1.29 is 9.90 Å². The number of aliphatic hydroxyl groups is 1. The lowest BCUT2D eigenvalue weighted by atomic mass is 10.0. The number of benzene rings is 1. The third-order valence-corrected chi connectivity index (χ3v) is 4.79. The normalized spacial score (nSPS) is 17.0. The summed E-state index contributed by atoms with van der Waals surface area (Å²) in [5.74, 6) is 6.53. The summed E-state index contributed by atoms with van der Waals surface area (Å²) in [5.41, 5.74) is 2.44. The average molecular weight is 303 g/mol. The van der Waals surface area contributed by atoms with Crippen LogP contribution in [0.3, 0.4) is 0 Å². The number of aliphatic hydroxyl groups excluding tert-OH is 1. The van der Waals surface area contributed by atoms with Gasteiger partial charge < -0.3 is 10.0 Å². The van der Waals surface area contributed by atoms with Gasteiger partial charge in [-0.2, -0.15) is 11.8 Å². The highest BCUT2D eigenvalue weighted by Gasteiger charge is 2.30. The van der Waals surface area contributed by atoms with Gasteiger partial charge in [0.1, 0.15) is 6.61 Å². The van der Waals surface area contributed by atoms with Crippen molar-refractivity contribution in [3.63, 3.8) is 0 Å². The van der Waals surface area contributed by atoms with Gasteiger partial charge in [0.05, 0.1) is 0 Å². The van der Waals surface area contributed by atoms with Crippen LogP contribution in [0.2, 0.25) is 0 Å². The maximum absolute atomic E-state index is 12.8. The zero-order valence-corrected chi connectivity index (χ0v) is 13.6. The van der Waals surface area contributed by atoms with E-state index >= 15 is 0 Å². The third-order valence-electron chi connectivity index (χ3n) is 3.49. The van der Waals surface area contributed by atoms with Gasteiger partial charge >= 0.3 is 0 Å².